The third-order valence-corrected chi connectivity index (χ3v) is 5.57. The van der Waals surface area contributed by atoms with Crippen LogP contribution in [-0.4, -0.2) is 56.0 Å². The van der Waals surface area contributed by atoms with Crippen LogP contribution in [0.4, 0.5) is 0 Å². The second-order valence-corrected chi connectivity index (χ2v) is 8.58. The van der Waals surface area contributed by atoms with Gasteiger partial charge in [-0.05, 0) is 44.8 Å². The number of hydrogen-bond acceptors (Lipinski definition) is 4. The van der Waals surface area contributed by atoms with E-state index >= 15 is 0 Å². The summed E-state index contributed by atoms with van der Waals surface area (Å²) in [6, 6.07) is 0.476. The quantitative estimate of drug-likeness (QED) is 0.714. The van der Waals surface area contributed by atoms with Gasteiger partial charge in [0.15, 0.2) is 0 Å². The minimum Gasteiger partial charge on any atom is -0.302 e. The number of likely N-dealkylation sites (tertiary alicyclic amines) is 1. The minimum atomic E-state index is 0.476. The van der Waals surface area contributed by atoms with Crippen molar-refractivity contribution < 1.29 is 0 Å². The van der Waals surface area contributed by atoms with Crippen molar-refractivity contribution in [2.75, 3.05) is 26.7 Å². The molecule has 3 heterocycles. The summed E-state index contributed by atoms with van der Waals surface area (Å²) in [5.41, 5.74) is 2.67. The molecule has 6 nitrogen and oxygen atoms in total. The Hall–Kier alpha value is -1.66. The van der Waals surface area contributed by atoms with Gasteiger partial charge in [-0.1, -0.05) is 20.8 Å². The van der Waals surface area contributed by atoms with Crippen LogP contribution in [-0.2, 0) is 20.1 Å². The summed E-state index contributed by atoms with van der Waals surface area (Å²) in [5.74, 6) is 1.26. The number of aromatic nitrogens is 4. The Morgan fingerprint density at radius 2 is 2.04 bits per heavy atom. The summed E-state index contributed by atoms with van der Waals surface area (Å²) < 4.78 is 4.01. The highest BCUT2D eigenvalue weighted by atomic mass is 15.3. The van der Waals surface area contributed by atoms with Crippen LogP contribution in [0.25, 0.3) is 0 Å². The first-order chi connectivity index (χ1) is 13.0. The van der Waals surface area contributed by atoms with Gasteiger partial charge < -0.3 is 4.90 Å². The zero-order valence-electron chi connectivity index (χ0n) is 17.7. The molecule has 0 N–H and O–H groups in total. The Morgan fingerprint density at radius 3 is 2.70 bits per heavy atom. The third kappa shape index (κ3) is 5.20. The van der Waals surface area contributed by atoms with Gasteiger partial charge >= 0.3 is 0 Å². The lowest BCUT2D eigenvalue weighted by atomic mass is 9.85. The first-order valence-electron chi connectivity index (χ1n) is 10.4. The summed E-state index contributed by atoms with van der Waals surface area (Å²) in [4.78, 5) is 5.09. The van der Waals surface area contributed by atoms with E-state index in [0.717, 1.165) is 26.2 Å². The highest BCUT2D eigenvalue weighted by Crippen LogP contribution is 2.36. The van der Waals surface area contributed by atoms with Crippen LogP contribution in [0.3, 0.4) is 0 Å². The average Bonchev–Trinajstić information content (AvgIpc) is 3.22. The van der Waals surface area contributed by atoms with Crippen LogP contribution in [0.1, 0.15) is 50.8 Å². The molecule has 2 atom stereocenters. The molecule has 0 unspecified atom stereocenters. The van der Waals surface area contributed by atoms with Crippen LogP contribution in [0.5, 0.6) is 0 Å². The van der Waals surface area contributed by atoms with Crippen LogP contribution in [0.2, 0.25) is 0 Å². The average molecular weight is 373 g/mol. The van der Waals surface area contributed by atoms with Crippen LogP contribution in [0, 0.1) is 11.8 Å². The number of hydrogen-bond donors (Lipinski definition) is 0. The molecule has 0 radical (unpaired) electrons. The highest BCUT2D eigenvalue weighted by Gasteiger charge is 2.33. The number of aryl methyl sites for hydroxylation is 1. The second kappa shape index (κ2) is 9.02. The Morgan fingerprint density at radius 1 is 1.22 bits per heavy atom. The van der Waals surface area contributed by atoms with Crippen molar-refractivity contribution in [3.05, 3.63) is 35.9 Å². The van der Waals surface area contributed by atoms with E-state index in [0.29, 0.717) is 17.9 Å². The Bertz CT molecular complexity index is 703. The molecule has 0 bridgehead atoms. The van der Waals surface area contributed by atoms with Crippen molar-refractivity contribution in [2.45, 2.75) is 52.7 Å². The molecule has 2 aromatic heterocycles. The molecule has 0 spiro atoms. The number of rotatable bonds is 8. The zero-order chi connectivity index (χ0) is 19.4. The van der Waals surface area contributed by atoms with Crippen molar-refractivity contribution >= 4 is 0 Å². The maximum absolute atomic E-state index is 4.52. The molecule has 0 aromatic carbocycles. The smallest absolute Gasteiger partial charge is 0.0537 e. The fraction of sp³-hybridized carbons (Fsp3) is 0.714. The fourth-order valence-electron chi connectivity index (χ4n) is 4.51. The lowest BCUT2D eigenvalue weighted by Crippen LogP contribution is -2.42. The van der Waals surface area contributed by atoms with E-state index in [1.165, 1.54) is 30.5 Å². The third-order valence-electron chi connectivity index (χ3n) is 5.57. The molecule has 1 saturated heterocycles. The molecule has 1 aliphatic heterocycles. The summed E-state index contributed by atoms with van der Waals surface area (Å²) in [6.45, 7) is 12.1. The summed E-state index contributed by atoms with van der Waals surface area (Å²) >= 11 is 0. The molecular weight excluding hydrogens is 336 g/mol. The minimum absolute atomic E-state index is 0.476. The van der Waals surface area contributed by atoms with Gasteiger partial charge in [-0.25, -0.2) is 0 Å². The van der Waals surface area contributed by atoms with Gasteiger partial charge in [-0.3, -0.25) is 14.3 Å². The van der Waals surface area contributed by atoms with Gasteiger partial charge in [-0.2, -0.15) is 10.2 Å². The number of nitrogens with zero attached hydrogens (tertiary/aromatic N) is 6. The molecule has 6 heteroatoms. The molecule has 3 rings (SSSR count). The Kier molecular flexibility index (Phi) is 6.71. The van der Waals surface area contributed by atoms with Gasteiger partial charge in [0, 0.05) is 56.2 Å². The molecule has 2 aromatic rings. The molecular formula is C21H36N6. The Balaban J connectivity index is 1.65. The lowest BCUT2D eigenvalue weighted by Gasteiger charge is -2.42. The predicted octanol–water partition coefficient (Wildman–Crippen LogP) is 3.18. The first-order valence-corrected chi connectivity index (χ1v) is 10.4. The summed E-state index contributed by atoms with van der Waals surface area (Å²) in [6.07, 6.45) is 11.1. The van der Waals surface area contributed by atoms with Gasteiger partial charge in [0.25, 0.3) is 0 Å². The van der Waals surface area contributed by atoms with Crippen molar-refractivity contribution in [1.82, 2.24) is 29.4 Å². The van der Waals surface area contributed by atoms with E-state index in [-0.39, 0.29) is 0 Å². The van der Waals surface area contributed by atoms with E-state index in [1.807, 2.05) is 17.9 Å². The van der Waals surface area contributed by atoms with Gasteiger partial charge in [-0.15, -0.1) is 0 Å². The van der Waals surface area contributed by atoms with E-state index in [9.17, 15) is 0 Å². The van der Waals surface area contributed by atoms with Crippen molar-refractivity contribution in [3.8, 4) is 0 Å². The standard InChI is InChI=1S/C21H36N6/c1-6-26-9-7-8-19(21(26)20-11-22-25(5)16-20)15-24(4)13-18-10-23-27(14-18)12-17(2)3/h10-11,14,16-17,19,21H,6-9,12-13,15H2,1-5H3/t19-,21+/m0/s1. The second-order valence-electron chi connectivity index (χ2n) is 8.58. The normalized spacial score (nSPS) is 21.4. The van der Waals surface area contributed by atoms with Crippen molar-refractivity contribution in [3.63, 3.8) is 0 Å². The molecule has 27 heavy (non-hydrogen) atoms. The van der Waals surface area contributed by atoms with Gasteiger partial charge in [0.2, 0.25) is 0 Å². The topological polar surface area (TPSA) is 42.1 Å². The summed E-state index contributed by atoms with van der Waals surface area (Å²) in [7, 11) is 4.25. The maximum Gasteiger partial charge on any atom is 0.0537 e. The lowest BCUT2D eigenvalue weighted by molar-refractivity contribution is 0.0749. The molecule has 150 valence electrons. The Labute approximate surface area is 164 Å². The van der Waals surface area contributed by atoms with Crippen LogP contribution in [0.15, 0.2) is 24.8 Å². The van der Waals surface area contributed by atoms with Crippen molar-refractivity contribution in [1.29, 1.82) is 0 Å². The van der Waals surface area contributed by atoms with E-state index in [2.05, 4.69) is 71.1 Å². The molecule has 1 aliphatic rings. The van der Waals surface area contributed by atoms with E-state index in [1.54, 1.807) is 0 Å². The first kappa shape index (κ1) is 20.1. The molecule has 0 saturated carbocycles. The van der Waals surface area contributed by atoms with Crippen molar-refractivity contribution in [2.24, 2.45) is 18.9 Å². The largest absolute Gasteiger partial charge is 0.302 e. The molecule has 0 aliphatic carbocycles. The molecule has 0 amide bonds. The zero-order valence-corrected chi connectivity index (χ0v) is 17.7. The van der Waals surface area contributed by atoms with Gasteiger partial charge in [0.1, 0.15) is 0 Å². The van der Waals surface area contributed by atoms with E-state index in [4.69, 9.17) is 0 Å². The summed E-state index contributed by atoms with van der Waals surface area (Å²) in [5, 5.41) is 8.95. The fourth-order valence-corrected chi connectivity index (χ4v) is 4.51. The monoisotopic (exact) mass is 372 g/mol. The van der Waals surface area contributed by atoms with Crippen LogP contribution >= 0.6 is 0 Å². The van der Waals surface area contributed by atoms with Gasteiger partial charge in [0.05, 0.1) is 12.4 Å². The maximum atomic E-state index is 4.52. The number of piperidine rings is 1. The SMILES string of the molecule is CCN1CCC[C@@H](CN(C)Cc2cnn(CC(C)C)c2)[C@@H]1c1cnn(C)c1. The highest BCUT2D eigenvalue weighted by molar-refractivity contribution is 5.14. The van der Waals surface area contributed by atoms with Crippen LogP contribution < -0.4 is 0 Å². The predicted molar refractivity (Wildman–Crippen MR) is 109 cm³/mol. The molecule has 1 fully saturated rings. The van der Waals surface area contributed by atoms with E-state index < -0.39 is 0 Å².